The first kappa shape index (κ1) is 15.7. The second kappa shape index (κ2) is 5.48. The molecule has 0 saturated heterocycles. The molecule has 4 nitrogen and oxygen atoms in total. The van der Waals surface area contributed by atoms with Gasteiger partial charge >= 0.3 is 6.18 Å². The maximum Gasteiger partial charge on any atom is 0.453 e. The molecule has 9 heteroatoms. The smallest absolute Gasteiger partial charge is 0.207 e. The van der Waals surface area contributed by atoms with Crippen molar-refractivity contribution in [1.82, 2.24) is 19.8 Å². The van der Waals surface area contributed by atoms with Gasteiger partial charge in [0.05, 0.1) is 0 Å². The minimum absolute atomic E-state index is 0.0541. The fraction of sp³-hybridized carbons (Fsp3) is 0.214. The van der Waals surface area contributed by atoms with E-state index in [0.29, 0.717) is 25.6 Å². The van der Waals surface area contributed by atoms with Gasteiger partial charge in [-0.1, -0.05) is 17.8 Å². The highest BCUT2D eigenvalue weighted by atomic mass is 32.2. The summed E-state index contributed by atoms with van der Waals surface area (Å²) < 4.78 is 52.9. The summed E-state index contributed by atoms with van der Waals surface area (Å²) in [6.45, 7) is 3.38. The molecule has 0 aliphatic carbocycles. The van der Waals surface area contributed by atoms with Crippen LogP contribution in [0.5, 0.6) is 0 Å². The first-order valence-electron chi connectivity index (χ1n) is 6.50. The largest absolute Gasteiger partial charge is 0.453 e. The molecular formula is C14H10F4N4S. The molecule has 0 atom stereocenters. The summed E-state index contributed by atoms with van der Waals surface area (Å²) in [6.07, 6.45) is -4.66. The molecule has 0 N–H and O–H groups in total. The lowest BCUT2D eigenvalue weighted by molar-refractivity contribution is -0.146. The Morgan fingerprint density at radius 1 is 1.09 bits per heavy atom. The van der Waals surface area contributed by atoms with Gasteiger partial charge in [-0.2, -0.15) is 22.8 Å². The Bertz CT molecular complexity index is 888. The van der Waals surface area contributed by atoms with Crippen LogP contribution in [0.15, 0.2) is 34.2 Å². The Hall–Kier alpha value is -2.16. The van der Waals surface area contributed by atoms with Gasteiger partial charge in [-0.05, 0) is 37.6 Å². The first-order chi connectivity index (χ1) is 10.8. The maximum atomic E-state index is 13.3. The second-order valence-corrected chi connectivity index (χ2v) is 5.93. The zero-order chi connectivity index (χ0) is 16.8. The SMILES string of the molecule is Cc1c(Sc2cccc(F)c2)nn2c(C(F)(F)F)nnc2c1C. The van der Waals surface area contributed by atoms with Gasteiger partial charge in [-0.15, -0.1) is 10.2 Å². The van der Waals surface area contributed by atoms with Crippen molar-refractivity contribution in [1.29, 1.82) is 0 Å². The van der Waals surface area contributed by atoms with Crippen molar-refractivity contribution in [2.24, 2.45) is 0 Å². The van der Waals surface area contributed by atoms with E-state index < -0.39 is 17.8 Å². The molecular weight excluding hydrogens is 332 g/mol. The van der Waals surface area contributed by atoms with Crippen LogP contribution in [-0.4, -0.2) is 19.8 Å². The predicted molar refractivity (Wildman–Crippen MR) is 75.8 cm³/mol. The fourth-order valence-corrected chi connectivity index (χ4v) is 2.99. The van der Waals surface area contributed by atoms with Crippen LogP contribution in [-0.2, 0) is 6.18 Å². The lowest BCUT2D eigenvalue weighted by atomic mass is 10.2. The molecule has 2 aromatic heterocycles. The minimum Gasteiger partial charge on any atom is -0.207 e. The van der Waals surface area contributed by atoms with Crippen LogP contribution in [0.3, 0.4) is 0 Å². The number of alkyl halides is 3. The zero-order valence-corrected chi connectivity index (χ0v) is 12.8. The van der Waals surface area contributed by atoms with Crippen molar-refractivity contribution < 1.29 is 17.6 Å². The van der Waals surface area contributed by atoms with Crippen molar-refractivity contribution in [2.45, 2.75) is 29.9 Å². The van der Waals surface area contributed by atoms with E-state index in [-0.39, 0.29) is 5.65 Å². The van der Waals surface area contributed by atoms with Gasteiger partial charge in [0.1, 0.15) is 10.8 Å². The molecule has 1 aromatic carbocycles. The number of aromatic nitrogens is 4. The molecule has 120 valence electrons. The molecule has 0 radical (unpaired) electrons. The van der Waals surface area contributed by atoms with Crippen LogP contribution in [0.4, 0.5) is 17.6 Å². The summed E-state index contributed by atoms with van der Waals surface area (Å²) in [4.78, 5) is 0.543. The number of halogens is 4. The average Bonchev–Trinajstić information content (AvgIpc) is 2.88. The predicted octanol–water partition coefficient (Wildman–Crippen LogP) is 4.05. The van der Waals surface area contributed by atoms with Crippen molar-refractivity contribution in [2.75, 3.05) is 0 Å². The summed E-state index contributed by atoms with van der Waals surface area (Å²) in [7, 11) is 0. The third-order valence-electron chi connectivity index (χ3n) is 3.31. The number of benzene rings is 1. The van der Waals surface area contributed by atoms with Gasteiger partial charge < -0.3 is 0 Å². The standard InChI is InChI=1S/C14H10F4N4S/c1-7-8(2)12(23-10-5-3-4-9(15)6-10)21-22-11(7)19-20-13(22)14(16,17)18/h3-6H,1-2H3. The average molecular weight is 342 g/mol. The molecule has 0 aliphatic rings. The van der Waals surface area contributed by atoms with Crippen molar-refractivity contribution in [3.05, 3.63) is 47.0 Å². The topological polar surface area (TPSA) is 43.1 Å². The summed E-state index contributed by atoms with van der Waals surface area (Å²) in [5.41, 5.74) is 1.27. The number of rotatable bonds is 2. The van der Waals surface area contributed by atoms with Crippen molar-refractivity contribution in [3.8, 4) is 0 Å². The van der Waals surface area contributed by atoms with E-state index in [1.807, 2.05) is 0 Å². The van der Waals surface area contributed by atoms with E-state index in [1.54, 1.807) is 19.9 Å². The van der Waals surface area contributed by atoms with Gasteiger partial charge in [0.15, 0.2) is 5.65 Å². The monoisotopic (exact) mass is 342 g/mol. The number of nitrogens with zero attached hydrogens (tertiary/aromatic N) is 4. The van der Waals surface area contributed by atoms with Gasteiger partial charge in [0, 0.05) is 10.5 Å². The lowest BCUT2D eigenvalue weighted by Gasteiger charge is -2.10. The number of fused-ring (bicyclic) bond motifs is 1. The molecule has 0 fully saturated rings. The summed E-state index contributed by atoms with van der Waals surface area (Å²) in [6, 6.07) is 5.77. The molecule has 23 heavy (non-hydrogen) atoms. The van der Waals surface area contributed by atoms with Gasteiger partial charge in [0.25, 0.3) is 5.82 Å². The Morgan fingerprint density at radius 3 is 2.48 bits per heavy atom. The highest BCUT2D eigenvalue weighted by molar-refractivity contribution is 7.99. The second-order valence-electron chi connectivity index (χ2n) is 4.87. The van der Waals surface area contributed by atoms with E-state index in [0.717, 1.165) is 11.8 Å². The Balaban J connectivity index is 2.15. The van der Waals surface area contributed by atoms with E-state index in [2.05, 4.69) is 15.3 Å². The third kappa shape index (κ3) is 2.88. The quantitative estimate of drug-likeness (QED) is 0.659. The fourth-order valence-electron chi connectivity index (χ4n) is 2.02. The number of hydrogen-bond acceptors (Lipinski definition) is 4. The zero-order valence-electron chi connectivity index (χ0n) is 12.0. The Labute approximate surface area is 132 Å². The Morgan fingerprint density at radius 2 is 1.83 bits per heavy atom. The molecule has 3 aromatic rings. The van der Waals surface area contributed by atoms with E-state index in [4.69, 9.17) is 0 Å². The van der Waals surface area contributed by atoms with Crippen LogP contribution < -0.4 is 0 Å². The van der Waals surface area contributed by atoms with Crippen LogP contribution in [0.2, 0.25) is 0 Å². The lowest BCUT2D eigenvalue weighted by Crippen LogP contribution is -2.13. The highest BCUT2D eigenvalue weighted by Gasteiger charge is 2.38. The van der Waals surface area contributed by atoms with Crippen LogP contribution in [0.25, 0.3) is 5.65 Å². The molecule has 0 amide bonds. The van der Waals surface area contributed by atoms with Crippen LogP contribution >= 0.6 is 11.8 Å². The van der Waals surface area contributed by atoms with Gasteiger partial charge in [-0.3, -0.25) is 0 Å². The molecule has 0 bridgehead atoms. The molecule has 0 spiro atoms. The third-order valence-corrected chi connectivity index (χ3v) is 4.39. The van der Waals surface area contributed by atoms with E-state index >= 15 is 0 Å². The normalized spacial score (nSPS) is 12.1. The molecule has 0 saturated carbocycles. The van der Waals surface area contributed by atoms with Gasteiger partial charge in [0.2, 0.25) is 0 Å². The van der Waals surface area contributed by atoms with Crippen molar-refractivity contribution >= 4 is 17.4 Å². The van der Waals surface area contributed by atoms with Crippen molar-refractivity contribution in [3.63, 3.8) is 0 Å². The van der Waals surface area contributed by atoms with Crippen LogP contribution in [0, 0.1) is 19.7 Å². The molecule has 0 unspecified atom stereocenters. The first-order valence-corrected chi connectivity index (χ1v) is 7.32. The highest BCUT2D eigenvalue weighted by Crippen LogP contribution is 2.33. The van der Waals surface area contributed by atoms with E-state index in [1.165, 1.54) is 18.2 Å². The van der Waals surface area contributed by atoms with Gasteiger partial charge in [-0.25, -0.2) is 4.39 Å². The summed E-state index contributed by atoms with van der Waals surface area (Å²) in [5.74, 6) is -1.61. The number of aryl methyl sites for hydroxylation is 1. The Kier molecular flexibility index (Phi) is 3.75. The molecule has 3 rings (SSSR count). The summed E-state index contributed by atoms with van der Waals surface area (Å²) >= 11 is 1.09. The molecule has 0 aliphatic heterocycles. The summed E-state index contributed by atoms with van der Waals surface area (Å²) in [5, 5.41) is 11.1. The maximum absolute atomic E-state index is 13.3. The van der Waals surface area contributed by atoms with E-state index in [9.17, 15) is 17.6 Å². The van der Waals surface area contributed by atoms with Crippen LogP contribution in [0.1, 0.15) is 17.0 Å². The number of hydrogen-bond donors (Lipinski definition) is 0. The minimum atomic E-state index is -4.66. The molecule has 2 heterocycles.